The fourth-order valence-corrected chi connectivity index (χ4v) is 2.13. The highest BCUT2D eigenvalue weighted by atomic mass is 16.5. The van der Waals surface area contributed by atoms with Crippen LogP contribution in [0.3, 0.4) is 0 Å². The van der Waals surface area contributed by atoms with E-state index >= 15 is 0 Å². The van der Waals surface area contributed by atoms with Crippen LogP contribution in [0.25, 0.3) is 0 Å². The predicted molar refractivity (Wildman–Crippen MR) is 76.6 cm³/mol. The van der Waals surface area contributed by atoms with Gasteiger partial charge in [0, 0.05) is 37.5 Å². The van der Waals surface area contributed by atoms with Crippen molar-refractivity contribution in [1.82, 2.24) is 4.90 Å². The number of amides is 1. The van der Waals surface area contributed by atoms with E-state index in [4.69, 9.17) is 4.74 Å². The van der Waals surface area contributed by atoms with Gasteiger partial charge in [0.25, 0.3) is 5.91 Å². The highest BCUT2D eigenvalue weighted by Gasteiger charge is 2.17. The number of nitrogens with one attached hydrogen (secondary N) is 1. The van der Waals surface area contributed by atoms with Gasteiger partial charge in [-0.25, -0.2) is 0 Å². The van der Waals surface area contributed by atoms with E-state index in [2.05, 4.69) is 12.2 Å². The summed E-state index contributed by atoms with van der Waals surface area (Å²) in [5, 5.41) is 3.31. The number of ether oxygens (including phenoxy) is 1. The van der Waals surface area contributed by atoms with Crippen LogP contribution in [0.15, 0.2) is 24.3 Å². The van der Waals surface area contributed by atoms with Crippen LogP contribution in [0, 0.1) is 0 Å². The van der Waals surface area contributed by atoms with E-state index in [0.29, 0.717) is 13.2 Å². The lowest BCUT2D eigenvalue weighted by Crippen LogP contribution is -2.33. The van der Waals surface area contributed by atoms with Crippen molar-refractivity contribution in [3.8, 4) is 0 Å². The van der Waals surface area contributed by atoms with Gasteiger partial charge in [-0.15, -0.1) is 0 Å². The first kappa shape index (κ1) is 13.9. The van der Waals surface area contributed by atoms with Crippen LogP contribution in [0.1, 0.15) is 30.1 Å². The van der Waals surface area contributed by atoms with Gasteiger partial charge in [0.15, 0.2) is 0 Å². The molecule has 4 heteroatoms. The van der Waals surface area contributed by atoms with Gasteiger partial charge in [0.1, 0.15) is 0 Å². The second-order valence-corrected chi connectivity index (χ2v) is 4.76. The number of hydrogen-bond acceptors (Lipinski definition) is 3. The first-order valence-electron chi connectivity index (χ1n) is 7.02. The van der Waals surface area contributed by atoms with Gasteiger partial charge in [-0.2, -0.15) is 0 Å². The van der Waals surface area contributed by atoms with Crippen LogP contribution in [-0.4, -0.2) is 43.7 Å². The fourth-order valence-electron chi connectivity index (χ4n) is 2.13. The number of nitrogens with zero attached hydrogens (tertiary/aromatic N) is 1. The second-order valence-electron chi connectivity index (χ2n) is 4.76. The number of rotatable bonds is 4. The van der Waals surface area contributed by atoms with Gasteiger partial charge in [0.05, 0.1) is 6.61 Å². The van der Waals surface area contributed by atoms with E-state index < -0.39 is 0 Å². The second kappa shape index (κ2) is 7.14. The van der Waals surface area contributed by atoms with E-state index in [-0.39, 0.29) is 5.91 Å². The maximum atomic E-state index is 12.3. The molecule has 0 atom stereocenters. The third-order valence-corrected chi connectivity index (χ3v) is 3.22. The maximum Gasteiger partial charge on any atom is 0.253 e. The van der Waals surface area contributed by atoms with Crippen molar-refractivity contribution in [3.05, 3.63) is 29.8 Å². The summed E-state index contributed by atoms with van der Waals surface area (Å²) in [5.74, 6) is 0.104. The molecule has 1 N–H and O–H groups in total. The summed E-state index contributed by atoms with van der Waals surface area (Å²) in [5.41, 5.74) is 1.82. The number of benzene rings is 1. The Labute approximate surface area is 114 Å². The summed E-state index contributed by atoms with van der Waals surface area (Å²) in [6.07, 6.45) is 2.01. The zero-order chi connectivity index (χ0) is 13.5. The van der Waals surface area contributed by atoms with Crippen LogP contribution in [0.4, 0.5) is 5.69 Å². The lowest BCUT2D eigenvalue weighted by atomic mass is 10.1. The quantitative estimate of drug-likeness (QED) is 0.905. The maximum absolute atomic E-state index is 12.3. The molecular weight excluding hydrogens is 240 g/mol. The van der Waals surface area contributed by atoms with Crippen LogP contribution >= 0.6 is 0 Å². The Bertz CT molecular complexity index is 395. The first-order chi connectivity index (χ1) is 9.31. The van der Waals surface area contributed by atoms with Crippen molar-refractivity contribution in [2.24, 2.45) is 0 Å². The van der Waals surface area contributed by atoms with E-state index in [0.717, 1.165) is 43.8 Å². The average molecular weight is 262 g/mol. The Morgan fingerprint density at radius 3 is 2.79 bits per heavy atom. The van der Waals surface area contributed by atoms with Crippen LogP contribution < -0.4 is 5.32 Å². The van der Waals surface area contributed by atoms with Crippen molar-refractivity contribution < 1.29 is 9.53 Å². The lowest BCUT2D eigenvalue weighted by Gasteiger charge is -2.19. The van der Waals surface area contributed by atoms with Gasteiger partial charge in [-0.3, -0.25) is 4.79 Å². The summed E-state index contributed by atoms with van der Waals surface area (Å²) in [4.78, 5) is 14.2. The molecule has 1 aromatic carbocycles. The Morgan fingerprint density at radius 1 is 1.26 bits per heavy atom. The molecule has 2 rings (SSSR count). The predicted octanol–water partition coefficient (Wildman–Crippen LogP) is 2.37. The third kappa shape index (κ3) is 3.96. The van der Waals surface area contributed by atoms with Crippen molar-refractivity contribution in [3.63, 3.8) is 0 Å². The summed E-state index contributed by atoms with van der Waals surface area (Å²) in [7, 11) is 0. The molecule has 0 radical (unpaired) electrons. The average Bonchev–Trinajstić information content (AvgIpc) is 2.74. The van der Waals surface area contributed by atoms with E-state index in [1.807, 2.05) is 29.2 Å². The van der Waals surface area contributed by atoms with Crippen molar-refractivity contribution >= 4 is 11.6 Å². The minimum atomic E-state index is 0.104. The first-order valence-corrected chi connectivity index (χ1v) is 7.02. The molecule has 1 fully saturated rings. The number of hydrogen-bond donors (Lipinski definition) is 1. The van der Waals surface area contributed by atoms with Crippen LogP contribution in [-0.2, 0) is 4.74 Å². The minimum absolute atomic E-state index is 0.104. The Balaban J connectivity index is 1.98. The van der Waals surface area contributed by atoms with Crippen molar-refractivity contribution in [1.29, 1.82) is 0 Å². The molecular formula is C15H22N2O2. The monoisotopic (exact) mass is 262 g/mol. The zero-order valence-corrected chi connectivity index (χ0v) is 11.5. The molecule has 1 amide bonds. The molecule has 0 unspecified atom stereocenters. The largest absolute Gasteiger partial charge is 0.385 e. The summed E-state index contributed by atoms with van der Waals surface area (Å²) in [6, 6.07) is 7.73. The normalized spacial score (nSPS) is 15.9. The van der Waals surface area contributed by atoms with E-state index in [1.54, 1.807) is 0 Å². The summed E-state index contributed by atoms with van der Waals surface area (Å²) < 4.78 is 5.37. The van der Waals surface area contributed by atoms with Gasteiger partial charge in [-0.05, 0) is 37.1 Å². The van der Waals surface area contributed by atoms with E-state index in [9.17, 15) is 4.79 Å². The van der Waals surface area contributed by atoms with Gasteiger partial charge in [-0.1, -0.05) is 6.92 Å². The number of carbonyl (C=O) groups excluding carboxylic acids is 1. The molecule has 0 aliphatic carbocycles. The van der Waals surface area contributed by atoms with Crippen LogP contribution in [0.5, 0.6) is 0 Å². The Kier molecular flexibility index (Phi) is 5.21. The van der Waals surface area contributed by atoms with E-state index in [1.165, 1.54) is 0 Å². The van der Waals surface area contributed by atoms with Crippen molar-refractivity contribution in [2.75, 3.05) is 38.2 Å². The van der Waals surface area contributed by atoms with Gasteiger partial charge < -0.3 is 15.0 Å². The molecule has 0 saturated carbocycles. The standard InChI is InChI=1S/C15H22N2O2/c1-2-8-16-14-6-4-13(5-7-14)15(18)17-9-3-11-19-12-10-17/h4-7,16H,2-3,8-12H2,1H3. The molecule has 1 aliphatic rings. The number of anilines is 1. The Morgan fingerprint density at radius 2 is 2.05 bits per heavy atom. The molecule has 104 valence electrons. The SMILES string of the molecule is CCCNc1ccc(C(=O)N2CCCOCC2)cc1. The summed E-state index contributed by atoms with van der Waals surface area (Å²) >= 11 is 0. The molecule has 0 spiro atoms. The molecule has 0 bridgehead atoms. The highest BCUT2D eigenvalue weighted by molar-refractivity contribution is 5.94. The lowest BCUT2D eigenvalue weighted by molar-refractivity contribution is 0.0741. The summed E-state index contributed by atoms with van der Waals surface area (Å²) in [6.45, 7) is 5.96. The smallest absolute Gasteiger partial charge is 0.253 e. The molecule has 0 aromatic heterocycles. The molecule has 1 aliphatic heterocycles. The third-order valence-electron chi connectivity index (χ3n) is 3.22. The number of carbonyl (C=O) groups is 1. The molecule has 1 saturated heterocycles. The topological polar surface area (TPSA) is 41.6 Å². The molecule has 1 heterocycles. The fraction of sp³-hybridized carbons (Fsp3) is 0.533. The minimum Gasteiger partial charge on any atom is -0.385 e. The molecule has 19 heavy (non-hydrogen) atoms. The van der Waals surface area contributed by atoms with Gasteiger partial charge in [0.2, 0.25) is 0 Å². The van der Waals surface area contributed by atoms with Gasteiger partial charge >= 0.3 is 0 Å². The Hall–Kier alpha value is -1.55. The molecule has 1 aromatic rings. The molecule has 4 nitrogen and oxygen atoms in total. The highest BCUT2D eigenvalue weighted by Crippen LogP contribution is 2.12. The van der Waals surface area contributed by atoms with Crippen LogP contribution in [0.2, 0.25) is 0 Å². The zero-order valence-electron chi connectivity index (χ0n) is 11.5. The van der Waals surface area contributed by atoms with Crippen molar-refractivity contribution in [2.45, 2.75) is 19.8 Å².